The average molecular weight is 204 g/mol. The van der Waals surface area contributed by atoms with Crippen LogP contribution in [0.1, 0.15) is 19.4 Å². The van der Waals surface area contributed by atoms with E-state index < -0.39 is 11.7 Å². The number of halogens is 3. The molecule has 0 saturated carbocycles. The highest BCUT2D eigenvalue weighted by atomic mass is 19.3. The van der Waals surface area contributed by atoms with Crippen LogP contribution in [0.5, 0.6) is 5.75 Å². The molecule has 4 heteroatoms. The Morgan fingerprint density at radius 2 is 2.00 bits per heavy atom. The Morgan fingerprint density at radius 1 is 1.36 bits per heavy atom. The number of rotatable bonds is 3. The van der Waals surface area contributed by atoms with Gasteiger partial charge in [0.25, 0.3) is 5.92 Å². The van der Waals surface area contributed by atoms with Gasteiger partial charge in [0.05, 0.1) is 12.2 Å². The lowest BCUT2D eigenvalue weighted by molar-refractivity contribution is 0.0145. The summed E-state index contributed by atoms with van der Waals surface area (Å²) in [6, 6.07) is 3.01. The lowest BCUT2D eigenvalue weighted by atomic mass is 10.1. The fourth-order valence-electron chi connectivity index (χ4n) is 1.13. The molecule has 0 aliphatic heterocycles. The third-order valence-electron chi connectivity index (χ3n) is 1.72. The maximum atomic E-state index is 13.0. The largest absolute Gasteiger partial charge is 0.493 e. The second-order valence-electron chi connectivity index (χ2n) is 2.96. The van der Waals surface area contributed by atoms with E-state index in [1.807, 2.05) is 0 Å². The molecule has 0 aliphatic carbocycles. The standard InChI is InChI=1S/C10H11F3O/c1-3-14-9-6-7(11)4-5-8(9)10(2,12)13/h4-6H,3H2,1-2H3. The summed E-state index contributed by atoms with van der Waals surface area (Å²) in [6.45, 7) is 2.64. The highest BCUT2D eigenvalue weighted by molar-refractivity contribution is 5.36. The zero-order valence-corrected chi connectivity index (χ0v) is 7.98. The Morgan fingerprint density at radius 3 is 2.50 bits per heavy atom. The Labute approximate surface area is 80.5 Å². The molecule has 0 radical (unpaired) electrons. The molecular weight excluding hydrogens is 193 g/mol. The number of hydrogen-bond donors (Lipinski definition) is 0. The summed E-state index contributed by atoms with van der Waals surface area (Å²) >= 11 is 0. The van der Waals surface area contributed by atoms with Crippen LogP contribution in [-0.2, 0) is 5.92 Å². The maximum Gasteiger partial charge on any atom is 0.274 e. The second-order valence-corrected chi connectivity index (χ2v) is 2.96. The van der Waals surface area contributed by atoms with E-state index in [9.17, 15) is 13.2 Å². The van der Waals surface area contributed by atoms with Crippen molar-refractivity contribution in [1.82, 2.24) is 0 Å². The number of ether oxygens (including phenoxy) is 1. The Balaban J connectivity index is 3.15. The van der Waals surface area contributed by atoms with E-state index in [0.29, 0.717) is 0 Å². The van der Waals surface area contributed by atoms with Gasteiger partial charge in [-0.25, -0.2) is 13.2 Å². The summed E-state index contributed by atoms with van der Waals surface area (Å²) in [6.07, 6.45) is 0. The van der Waals surface area contributed by atoms with E-state index in [1.54, 1.807) is 6.92 Å². The predicted molar refractivity (Wildman–Crippen MR) is 47.1 cm³/mol. The van der Waals surface area contributed by atoms with E-state index in [-0.39, 0.29) is 17.9 Å². The van der Waals surface area contributed by atoms with Gasteiger partial charge in [-0.1, -0.05) is 0 Å². The van der Waals surface area contributed by atoms with Crippen LogP contribution in [0.15, 0.2) is 18.2 Å². The first-order valence-corrected chi connectivity index (χ1v) is 4.25. The Kier molecular flexibility index (Phi) is 3.03. The summed E-state index contributed by atoms with van der Waals surface area (Å²) in [7, 11) is 0. The van der Waals surface area contributed by atoms with Crippen molar-refractivity contribution in [3.8, 4) is 5.75 Å². The first kappa shape index (κ1) is 10.9. The van der Waals surface area contributed by atoms with Crippen molar-refractivity contribution in [1.29, 1.82) is 0 Å². The van der Waals surface area contributed by atoms with E-state index in [4.69, 9.17) is 4.74 Å². The van der Waals surface area contributed by atoms with Gasteiger partial charge in [-0.3, -0.25) is 0 Å². The van der Waals surface area contributed by atoms with Crippen LogP contribution >= 0.6 is 0 Å². The van der Waals surface area contributed by atoms with Crippen molar-refractivity contribution in [2.24, 2.45) is 0 Å². The summed E-state index contributed by atoms with van der Waals surface area (Å²) < 4.78 is 43.6. The van der Waals surface area contributed by atoms with Crippen molar-refractivity contribution in [3.05, 3.63) is 29.6 Å². The predicted octanol–water partition coefficient (Wildman–Crippen LogP) is 3.34. The van der Waals surface area contributed by atoms with Gasteiger partial charge in [0.2, 0.25) is 0 Å². The third-order valence-corrected chi connectivity index (χ3v) is 1.72. The van der Waals surface area contributed by atoms with Gasteiger partial charge in [-0.15, -0.1) is 0 Å². The van der Waals surface area contributed by atoms with Gasteiger partial charge in [-0.2, -0.15) is 0 Å². The molecule has 0 atom stereocenters. The van der Waals surface area contributed by atoms with Crippen LogP contribution in [-0.4, -0.2) is 6.61 Å². The van der Waals surface area contributed by atoms with Crippen LogP contribution < -0.4 is 4.74 Å². The van der Waals surface area contributed by atoms with Gasteiger partial charge in [0, 0.05) is 13.0 Å². The van der Waals surface area contributed by atoms with E-state index in [2.05, 4.69) is 0 Å². The molecule has 1 aromatic rings. The summed E-state index contributed by atoms with van der Waals surface area (Å²) in [5, 5.41) is 0. The molecule has 0 spiro atoms. The third kappa shape index (κ3) is 2.40. The van der Waals surface area contributed by atoms with Crippen molar-refractivity contribution in [2.75, 3.05) is 6.61 Å². The summed E-state index contributed by atoms with van der Waals surface area (Å²) in [5.74, 6) is -3.69. The molecule has 0 saturated heterocycles. The van der Waals surface area contributed by atoms with Crippen LogP contribution in [0.25, 0.3) is 0 Å². The summed E-state index contributed by atoms with van der Waals surface area (Å²) in [4.78, 5) is 0. The van der Waals surface area contributed by atoms with Crippen molar-refractivity contribution in [3.63, 3.8) is 0 Å². The molecule has 1 rings (SSSR count). The van der Waals surface area contributed by atoms with Crippen molar-refractivity contribution in [2.45, 2.75) is 19.8 Å². The molecule has 1 aromatic carbocycles. The molecule has 1 nitrogen and oxygen atoms in total. The fourth-order valence-corrected chi connectivity index (χ4v) is 1.13. The monoisotopic (exact) mass is 204 g/mol. The molecule has 0 fully saturated rings. The number of benzene rings is 1. The minimum Gasteiger partial charge on any atom is -0.493 e. The quantitative estimate of drug-likeness (QED) is 0.733. The Bertz CT molecular complexity index is 318. The van der Waals surface area contributed by atoms with Gasteiger partial charge in [-0.05, 0) is 19.1 Å². The smallest absolute Gasteiger partial charge is 0.274 e. The van der Waals surface area contributed by atoms with Crippen LogP contribution in [0.4, 0.5) is 13.2 Å². The molecular formula is C10H11F3O. The molecule has 0 N–H and O–H groups in total. The summed E-state index contributed by atoms with van der Waals surface area (Å²) in [5.41, 5.74) is -0.291. The van der Waals surface area contributed by atoms with E-state index in [0.717, 1.165) is 25.1 Å². The number of hydrogen-bond acceptors (Lipinski definition) is 1. The van der Waals surface area contributed by atoms with Gasteiger partial charge < -0.3 is 4.74 Å². The SMILES string of the molecule is CCOc1cc(F)ccc1C(C)(F)F. The van der Waals surface area contributed by atoms with E-state index >= 15 is 0 Å². The van der Waals surface area contributed by atoms with Crippen LogP contribution in [0, 0.1) is 5.82 Å². The normalized spacial score (nSPS) is 11.5. The van der Waals surface area contributed by atoms with Gasteiger partial charge in [0.15, 0.2) is 0 Å². The van der Waals surface area contributed by atoms with Crippen molar-refractivity contribution >= 4 is 0 Å². The molecule has 0 heterocycles. The highest BCUT2D eigenvalue weighted by Crippen LogP contribution is 2.34. The second kappa shape index (κ2) is 3.90. The van der Waals surface area contributed by atoms with E-state index in [1.165, 1.54) is 0 Å². The lowest BCUT2D eigenvalue weighted by Crippen LogP contribution is -2.10. The zero-order valence-electron chi connectivity index (χ0n) is 7.98. The zero-order chi connectivity index (χ0) is 10.8. The Hall–Kier alpha value is -1.19. The average Bonchev–Trinajstić information content (AvgIpc) is 2.02. The molecule has 0 aliphatic rings. The number of alkyl halides is 2. The first-order chi connectivity index (χ1) is 6.45. The van der Waals surface area contributed by atoms with Gasteiger partial charge >= 0.3 is 0 Å². The molecule has 0 bridgehead atoms. The minimum atomic E-state index is -3.02. The highest BCUT2D eigenvalue weighted by Gasteiger charge is 2.28. The van der Waals surface area contributed by atoms with Crippen molar-refractivity contribution < 1.29 is 17.9 Å². The van der Waals surface area contributed by atoms with Crippen LogP contribution in [0.2, 0.25) is 0 Å². The van der Waals surface area contributed by atoms with Gasteiger partial charge in [0.1, 0.15) is 11.6 Å². The molecule has 0 amide bonds. The first-order valence-electron chi connectivity index (χ1n) is 4.25. The van der Waals surface area contributed by atoms with Crippen LogP contribution in [0.3, 0.4) is 0 Å². The molecule has 78 valence electrons. The molecule has 14 heavy (non-hydrogen) atoms. The lowest BCUT2D eigenvalue weighted by Gasteiger charge is -2.15. The maximum absolute atomic E-state index is 13.0. The topological polar surface area (TPSA) is 9.23 Å². The minimum absolute atomic E-state index is 0.0972. The molecule has 0 aromatic heterocycles. The molecule has 0 unspecified atom stereocenters. The fraction of sp³-hybridized carbons (Fsp3) is 0.400.